The van der Waals surface area contributed by atoms with Gasteiger partial charge in [0.05, 0.1) is 0 Å². The number of hydrogen-bond donors (Lipinski definition) is 0. The van der Waals surface area contributed by atoms with Crippen LogP contribution in [0.25, 0.3) is 11.4 Å². The minimum absolute atomic E-state index is 0.171. The van der Waals surface area contributed by atoms with Crippen molar-refractivity contribution in [2.45, 2.75) is 51.4 Å². The van der Waals surface area contributed by atoms with Gasteiger partial charge in [-0.2, -0.15) is 0 Å². The highest BCUT2D eigenvalue weighted by Gasteiger charge is 2.31. The molecule has 2 fully saturated rings. The minimum Gasteiger partial charge on any atom is -0.356 e. The predicted octanol–water partition coefficient (Wildman–Crippen LogP) is 4.51. The third-order valence-corrected chi connectivity index (χ3v) is 7.04. The summed E-state index contributed by atoms with van der Waals surface area (Å²) in [6.45, 7) is 3.67. The molecule has 5 rings (SSSR count). The number of fused-ring (bicyclic) bond motifs is 1. The van der Waals surface area contributed by atoms with Gasteiger partial charge in [0.25, 0.3) is 0 Å². The van der Waals surface area contributed by atoms with Crippen molar-refractivity contribution in [1.82, 2.24) is 14.9 Å². The summed E-state index contributed by atoms with van der Waals surface area (Å²) in [6.07, 6.45) is 8.60. The van der Waals surface area contributed by atoms with Gasteiger partial charge < -0.3 is 9.80 Å². The van der Waals surface area contributed by atoms with Crippen LogP contribution >= 0.6 is 11.6 Å². The van der Waals surface area contributed by atoms with Crippen molar-refractivity contribution in [1.29, 1.82) is 0 Å². The first-order valence-corrected chi connectivity index (χ1v) is 11.8. The van der Waals surface area contributed by atoms with Crippen LogP contribution in [0, 0.1) is 5.92 Å². The summed E-state index contributed by atoms with van der Waals surface area (Å²) in [5.41, 5.74) is 3.48. The number of aryl methyl sites for hydroxylation is 1. The number of carbonyl (C=O) groups is 1. The second kappa shape index (κ2) is 8.54. The van der Waals surface area contributed by atoms with Crippen LogP contribution in [0.15, 0.2) is 24.3 Å². The first kappa shape index (κ1) is 19.8. The molecule has 30 heavy (non-hydrogen) atoms. The summed E-state index contributed by atoms with van der Waals surface area (Å²) < 4.78 is 0. The Labute approximate surface area is 183 Å². The van der Waals surface area contributed by atoms with E-state index in [0.717, 1.165) is 81.9 Å². The first-order valence-electron chi connectivity index (χ1n) is 11.4. The van der Waals surface area contributed by atoms with Crippen LogP contribution in [0.2, 0.25) is 5.02 Å². The van der Waals surface area contributed by atoms with Gasteiger partial charge in [0, 0.05) is 53.9 Å². The lowest BCUT2D eigenvalue weighted by Crippen LogP contribution is -2.42. The summed E-state index contributed by atoms with van der Waals surface area (Å²) in [7, 11) is 0. The first-order chi connectivity index (χ1) is 14.7. The maximum atomic E-state index is 12.8. The minimum atomic E-state index is 0.171. The number of halogens is 1. The zero-order valence-corrected chi connectivity index (χ0v) is 18.2. The van der Waals surface area contributed by atoms with E-state index in [2.05, 4.69) is 9.80 Å². The van der Waals surface area contributed by atoms with Gasteiger partial charge in [-0.3, -0.25) is 4.79 Å². The van der Waals surface area contributed by atoms with E-state index in [1.54, 1.807) is 0 Å². The van der Waals surface area contributed by atoms with E-state index in [-0.39, 0.29) is 5.92 Å². The number of anilines is 1. The normalized spacial score (nSPS) is 19.8. The Balaban J connectivity index is 1.40. The number of aromatic nitrogens is 2. The van der Waals surface area contributed by atoms with Gasteiger partial charge >= 0.3 is 0 Å². The average Bonchev–Trinajstić information content (AvgIpc) is 3.33. The second-order valence-electron chi connectivity index (χ2n) is 8.81. The van der Waals surface area contributed by atoms with Crippen molar-refractivity contribution in [3.05, 3.63) is 40.5 Å². The second-order valence-corrected chi connectivity index (χ2v) is 9.24. The largest absolute Gasteiger partial charge is 0.356 e. The standard InChI is InChI=1S/C24H29ClN4O/c25-19-7-5-6-18(16-19)22-26-21-9-2-1-8-20(21)23(27-22)28-14-10-17(11-15-28)24(30)29-12-3-4-13-29/h5-7,16-17H,1-4,8-15H2. The molecular formula is C24H29ClN4O. The fourth-order valence-corrected chi connectivity index (χ4v) is 5.32. The molecule has 3 aliphatic rings. The molecule has 2 aromatic rings. The topological polar surface area (TPSA) is 49.3 Å². The molecule has 3 heterocycles. The molecule has 2 saturated heterocycles. The quantitative estimate of drug-likeness (QED) is 0.727. The zero-order valence-electron chi connectivity index (χ0n) is 17.4. The van der Waals surface area contributed by atoms with Crippen LogP contribution in [0.4, 0.5) is 5.82 Å². The third-order valence-electron chi connectivity index (χ3n) is 6.81. The average molecular weight is 425 g/mol. The van der Waals surface area contributed by atoms with Gasteiger partial charge in [0.2, 0.25) is 5.91 Å². The van der Waals surface area contributed by atoms with E-state index >= 15 is 0 Å². The molecule has 1 aliphatic carbocycles. The molecule has 0 saturated carbocycles. The molecule has 1 amide bonds. The number of nitrogens with zero attached hydrogens (tertiary/aromatic N) is 4. The highest BCUT2D eigenvalue weighted by Crippen LogP contribution is 2.33. The maximum absolute atomic E-state index is 12.8. The van der Waals surface area contributed by atoms with E-state index in [0.29, 0.717) is 10.9 Å². The van der Waals surface area contributed by atoms with E-state index in [1.165, 1.54) is 24.1 Å². The smallest absolute Gasteiger partial charge is 0.225 e. The van der Waals surface area contributed by atoms with Crippen LogP contribution in [0.3, 0.4) is 0 Å². The summed E-state index contributed by atoms with van der Waals surface area (Å²) in [6, 6.07) is 7.81. The number of piperidine rings is 1. The summed E-state index contributed by atoms with van der Waals surface area (Å²) in [5, 5.41) is 0.705. The van der Waals surface area contributed by atoms with E-state index in [4.69, 9.17) is 21.6 Å². The van der Waals surface area contributed by atoms with Gasteiger partial charge in [-0.15, -0.1) is 0 Å². The Bertz CT molecular complexity index is 933. The zero-order chi connectivity index (χ0) is 20.5. The van der Waals surface area contributed by atoms with Crippen LogP contribution in [0.1, 0.15) is 49.8 Å². The molecule has 0 atom stereocenters. The van der Waals surface area contributed by atoms with E-state index in [1.807, 2.05) is 24.3 Å². The number of rotatable bonds is 3. The van der Waals surface area contributed by atoms with Crippen LogP contribution in [-0.4, -0.2) is 47.0 Å². The van der Waals surface area contributed by atoms with Gasteiger partial charge in [0.1, 0.15) is 5.82 Å². The Morgan fingerprint density at radius 3 is 2.50 bits per heavy atom. The van der Waals surface area contributed by atoms with Crippen LogP contribution in [0.5, 0.6) is 0 Å². The van der Waals surface area contributed by atoms with Gasteiger partial charge in [-0.05, 0) is 63.5 Å². The monoisotopic (exact) mass is 424 g/mol. The van der Waals surface area contributed by atoms with Crippen LogP contribution in [-0.2, 0) is 17.6 Å². The molecule has 1 aromatic carbocycles. The third kappa shape index (κ3) is 3.92. The molecule has 0 spiro atoms. The molecule has 158 valence electrons. The lowest BCUT2D eigenvalue weighted by molar-refractivity contribution is -0.135. The van der Waals surface area contributed by atoms with Crippen molar-refractivity contribution >= 4 is 23.3 Å². The van der Waals surface area contributed by atoms with Gasteiger partial charge in [-0.1, -0.05) is 23.7 Å². The molecule has 0 radical (unpaired) electrons. The molecule has 0 N–H and O–H groups in total. The number of amides is 1. The Morgan fingerprint density at radius 1 is 0.967 bits per heavy atom. The lowest BCUT2D eigenvalue weighted by Gasteiger charge is -2.35. The number of benzene rings is 1. The van der Waals surface area contributed by atoms with Crippen molar-refractivity contribution in [2.24, 2.45) is 5.92 Å². The van der Waals surface area contributed by atoms with Gasteiger partial charge in [0.15, 0.2) is 5.82 Å². The molecule has 0 bridgehead atoms. The maximum Gasteiger partial charge on any atom is 0.225 e. The van der Waals surface area contributed by atoms with Crippen molar-refractivity contribution in [3.63, 3.8) is 0 Å². The highest BCUT2D eigenvalue weighted by atomic mass is 35.5. The molecule has 1 aromatic heterocycles. The Kier molecular flexibility index (Phi) is 5.64. The van der Waals surface area contributed by atoms with E-state index < -0.39 is 0 Å². The van der Waals surface area contributed by atoms with Gasteiger partial charge in [-0.25, -0.2) is 9.97 Å². The Morgan fingerprint density at radius 2 is 1.73 bits per heavy atom. The van der Waals surface area contributed by atoms with E-state index in [9.17, 15) is 4.79 Å². The SMILES string of the molecule is O=C(C1CCN(c2nc(-c3cccc(Cl)c3)nc3c2CCCC3)CC1)N1CCCC1. The summed E-state index contributed by atoms with van der Waals surface area (Å²) in [4.78, 5) is 27.2. The summed E-state index contributed by atoms with van der Waals surface area (Å²) in [5.74, 6) is 2.39. The van der Waals surface area contributed by atoms with Crippen molar-refractivity contribution < 1.29 is 4.79 Å². The fraction of sp³-hybridized carbons (Fsp3) is 0.542. The molecule has 6 heteroatoms. The summed E-state index contributed by atoms with van der Waals surface area (Å²) >= 11 is 6.22. The fourth-order valence-electron chi connectivity index (χ4n) is 5.13. The molecule has 2 aliphatic heterocycles. The lowest BCUT2D eigenvalue weighted by atomic mass is 9.92. The van der Waals surface area contributed by atoms with Crippen LogP contribution < -0.4 is 4.90 Å². The van der Waals surface area contributed by atoms with Crippen molar-refractivity contribution in [2.75, 3.05) is 31.1 Å². The number of hydrogen-bond acceptors (Lipinski definition) is 4. The Hall–Kier alpha value is -2.14. The molecule has 0 unspecified atom stereocenters. The predicted molar refractivity (Wildman–Crippen MR) is 120 cm³/mol. The number of likely N-dealkylation sites (tertiary alicyclic amines) is 1. The number of carbonyl (C=O) groups excluding carboxylic acids is 1. The van der Waals surface area contributed by atoms with Crippen molar-refractivity contribution in [3.8, 4) is 11.4 Å². The molecule has 5 nitrogen and oxygen atoms in total. The molecular weight excluding hydrogens is 396 g/mol. The highest BCUT2D eigenvalue weighted by molar-refractivity contribution is 6.30.